The van der Waals surface area contributed by atoms with Gasteiger partial charge in [-0.2, -0.15) is 31.6 Å². The Kier molecular flexibility index (Phi) is 5.81. The summed E-state index contributed by atoms with van der Waals surface area (Å²) in [5.41, 5.74) is 1.08. The highest BCUT2D eigenvalue weighted by Gasteiger charge is 2.83. The first kappa shape index (κ1) is 23.0. The molecule has 0 aliphatic heterocycles. The van der Waals surface area contributed by atoms with Gasteiger partial charge in [-0.3, -0.25) is 0 Å². The van der Waals surface area contributed by atoms with Crippen LogP contribution in [-0.2, 0) is 0 Å². The van der Waals surface area contributed by atoms with Crippen molar-refractivity contribution < 1.29 is 35.8 Å². The van der Waals surface area contributed by atoms with Crippen LogP contribution in [0.5, 0.6) is 11.5 Å². The van der Waals surface area contributed by atoms with Crippen molar-refractivity contribution in [1.82, 2.24) is 0 Å². The second-order valence-electron chi connectivity index (χ2n) is 8.13. The Bertz CT molecular complexity index is 1080. The van der Waals surface area contributed by atoms with Gasteiger partial charge in [-0.05, 0) is 60.7 Å². The number of rotatable bonds is 5. The molecule has 1 saturated carbocycles. The van der Waals surface area contributed by atoms with Gasteiger partial charge < -0.3 is 9.47 Å². The van der Waals surface area contributed by atoms with Crippen LogP contribution >= 0.6 is 0 Å². The Morgan fingerprint density at radius 2 is 1.15 bits per heavy atom. The fourth-order valence-corrected chi connectivity index (χ4v) is 4.07. The van der Waals surface area contributed by atoms with E-state index in [0.717, 1.165) is 49.8 Å². The SMILES string of the molecule is N#Cc1ccc(OC2=C(Oc3ccc(C4CCCCC4)cc3)C(F)(F)C(F)(F)C2(F)F)cc1. The first-order chi connectivity index (χ1) is 15.6. The van der Waals surface area contributed by atoms with Crippen molar-refractivity contribution in [3.8, 4) is 17.6 Å². The number of ether oxygens (including phenoxy) is 2. The van der Waals surface area contributed by atoms with Crippen molar-refractivity contribution in [1.29, 1.82) is 5.26 Å². The molecule has 0 unspecified atom stereocenters. The Morgan fingerprint density at radius 3 is 1.61 bits per heavy atom. The summed E-state index contributed by atoms with van der Waals surface area (Å²) in [6, 6.07) is 12.0. The van der Waals surface area contributed by atoms with Gasteiger partial charge in [0.15, 0.2) is 0 Å². The monoisotopic (exact) mass is 467 g/mol. The van der Waals surface area contributed by atoms with Gasteiger partial charge in [0.1, 0.15) is 11.5 Å². The minimum absolute atomic E-state index is 0.139. The largest absolute Gasteiger partial charge is 0.451 e. The number of hydrogen-bond acceptors (Lipinski definition) is 3. The Hall–Kier alpha value is -3.15. The average molecular weight is 467 g/mol. The van der Waals surface area contributed by atoms with Crippen LogP contribution in [0.25, 0.3) is 0 Å². The lowest BCUT2D eigenvalue weighted by molar-refractivity contribution is -0.273. The van der Waals surface area contributed by atoms with Crippen molar-refractivity contribution in [2.45, 2.75) is 55.8 Å². The fraction of sp³-hybridized carbons (Fsp3) is 0.375. The molecule has 0 atom stereocenters. The topological polar surface area (TPSA) is 42.2 Å². The summed E-state index contributed by atoms with van der Waals surface area (Å²) >= 11 is 0. The predicted octanol–water partition coefficient (Wildman–Crippen LogP) is 7.19. The van der Waals surface area contributed by atoms with Crippen molar-refractivity contribution in [3.63, 3.8) is 0 Å². The highest BCUT2D eigenvalue weighted by molar-refractivity contribution is 5.42. The van der Waals surface area contributed by atoms with Crippen LogP contribution in [0.2, 0.25) is 0 Å². The fourth-order valence-electron chi connectivity index (χ4n) is 4.07. The zero-order valence-corrected chi connectivity index (χ0v) is 17.3. The summed E-state index contributed by atoms with van der Waals surface area (Å²) in [7, 11) is 0. The van der Waals surface area contributed by atoms with E-state index in [1.54, 1.807) is 18.2 Å². The van der Waals surface area contributed by atoms with Crippen LogP contribution < -0.4 is 9.47 Å². The van der Waals surface area contributed by atoms with E-state index in [-0.39, 0.29) is 11.3 Å². The second-order valence-corrected chi connectivity index (χ2v) is 8.13. The number of hydrogen-bond donors (Lipinski definition) is 0. The molecule has 0 amide bonds. The molecule has 0 radical (unpaired) electrons. The normalized spacial score (nSPS) is 21.5. The summed E-state index contributed by atoms with van der Waals surface area (Å²) < 4.78 is 95.7. The van der Waals surface area contributed by atoms with Crippen molar-refractivity contribution in [3.05, 3.63) is 71.2 Å². The molecule has 0 heterocycles. The number of alkyl halides is 6. The van der Waals surface area contributed by atoms with Gasteiger partial charge in [-0.25, -0.2) is 0 Å². The number of nitrogens with zero attached hydrogens (tertiary/aromatic N) is 1. The summed E-state index contributed by atoms with van der Waals surface area (Å²) in [4.78, 5) is 0. The maximum absolute atomic E-state index is 14.5. The Morgan fingerprint density at radius 1 is 0.697 bits per heavy atom. The summed E-state index contributed by atoms with van der Waals surface area (Å²) in [6.45, 7) is 0. The zero-order valence-electron chi connectivity index (χ0n) is 17.3. The lowest BCUT2D eigenvalue weighted by Crippen LogP contribution is -2.50. The first-order valence-electron chi connectivity index (χ1n) is 10.4. The molecule has 2 aromatic carbocycles. The number of allylic oxidation sites excluding steroid dienone is 2. The van der Waals surface area contributed by atoms with Crippen LogP contribution in [0.4, 0.5) is 26.3 Å². The molecule has 0 N–H and O–H groups in total. The number of halogens is 6. The quantitative estimate of drug-likeness (QED) is 0.437. The lowest BCUT2D eigenvalue weighted by Gasteiger charge is -2.24. The molecule has 3 nitrogen and oxygen atoms in total. The molecule has 4 rings (SSSR count). The third-order valence-corrected chi connectivity index (χ3v) is 5.95. The first-order valence-corrected chi connectivity index (χ1v) is 10.4. The number of nitriles is 1. The molecule has 2 aliphatic carbocycles. The predicted molar refractivity (Wildman–Crippen MR) is 107 cm³/mol. The van der Waals surface area contributed by atoms with E-state index in [4.69, 9.17) is 14.7 Å². The third kappa shape index (κ3) is 3.92. The van der Waals surface area contributed by atoms with Crippen LogP contribution in [0.1, 0.15) is 49.1 Å². The van der Waals surface area contributed by atoms with Gasteiger partial charge in [-0.1, -0.05) is 31.4 Å². The van der Waals surface area contributed by atoms with E-state index in [2.05, 4.69) is 0 Å². The summed E-state index contributed by atoms with van der Waals surface area (Å²) in [5.74, 6) is -20.8. The molecule has 2 aromatic rings. The molecule has 1 fully saturated rings. The van der Waals surface area contributed by atoms with E-state index in [1.807, 2.05) is 0 Å². The second kappa shape index (κ2) is 8.32. The van der Waals surface area contributed by atoms with Crippen LogP contribution in [0.15, 0.2) is 60.0 Å². The molecule has 0 spiro atoms. The molecular weight excluding hydrogens is 448 g/mol. The van der Waals surface area contributed by atoms with E-state index in [0.29, 0.717) is 5.92 Å². The van der Waals surface area contributed by atoms with E-state index >= 15 is 0 Å². The van der Waals surface area contributed by atoms with E-state index < -0.39 is 35.0 Å². The van der Waals surface area contributed by atoms with Crippen molar-refractivity contribution in [2.75, 3.05) is 0 Å². The molecule has 0 saturated heterocycles. The Labute approximate surface area is 186 Å². The molecular formula is C24H19F6NO2. The zero-order chi connectivity index (χ0) is 23.9. The van der Waals surface area contributed by atoms with Crippen molar-refractivity contribution in [2.24, 2.45) is 0 Å². The highest BCUT2D eigenvalue weighted by Crippen LogP contribution is 2.59. The van der Waals surface area contributed by atoms with Gasteiger partial charge >= 0.3 is 17.8 Å². The maximum atomic E-state index is 14.5. The average Bonchev–Trinajstić information content (AvgIpc) is 2.90. The molecule has 2 aliphatic rings. The van der Waals surface area contributed by atoms with Gasteiger partial charge in [0, 0.05) is 0 Å². The molecule has 9 heteroatoms. The van der Waals surface area contributed by atoms with Gasteiger partial charge in [0.05, 0.1) is 11.6 Å². The van der Waals surface area contributed by atoms with Gasteiger partial charge in [-0.15, -0.1) is 0 Å². The highest BCUT2D eigenvalue weighted by atomic mass is 19.3. The Balaban J connectivity index is 1.67. The molecule has 0 bridgehead atoms. The third-order valence-electron chi connectivity index (χ3n) is 5.95. The minimum Gasteiger partial charge on any atom is -0.451 e. The number of benzene rings is 2. The lowest BCUT2D eigenvalue weighted by atomic mass is 9.84. The minimum atomic E-state index is -5.76. The van der Waals surface area contributed by atoms with Crippen LogP contribution in [0.3, 0.4) is 0 Å². The standard InChI is InChI=1S/C24H19F6NO2/c25-22(26)20(32-18-10-6-15(14-31)7-11-18)21(23(27,28)24(22,29)30)33-19-12-8-17(9-13-19)16-4-2-1-3-5-16/h6-13,16H,1-5H2. The maximum Gasteiger partial charge on any atom is 0.387 e. The van der Waals surface area contributed by atoms with Crippen LogP contribution in [0, 0.1) is 11.3 Å². The van der Waals surface area contributed by atoms with Gasteiger partial charge in [0.2, 0.25) is 11.5 Å². The smallest absolute Gasteiger partial charge is 0.387 e. The van der Waals surface area contributed by atoms with E-state index in [9.17, 15) is 26.3 Å². The molecule has 0 aromatic heterocycles. The summed E-state index contributed by atoms with van der Waals surface area (Å²) in [5, 5.41) is 8.80. The van der Waals surface area contributed by atoms with Crippen molar-refractivity contribution >= 4 is 0 Å². The summed E-state index contributed by atoms with van der Waals surface area (Å²) in [6.07, 6.45) is 5.24. The molecule has 33 heavy (non-hydrogen) atoms. The molecule has 174 valence electrons. The van der Waals surface area contributed by atoms with Gasteiger partial charge in [0.25, 0.3) is 0 Å². The van der Waals surface area contributed by atoms with Crippen LogP contribution in [-0.4, -0.2) is 17.8 Å². The van der Waals surface area contributed by atoms with E-state index in [1.165, 1.54) is 24.3 Å².